The van der Waals surface area contributed by atoms with E-state index in [1.54, 1.807) is 29.1 Å². The predicted octanol–water partition coefficient (Wildman–Crippen LogP) is 6.44. The largest absolute Gasteiger partial charge is 0.492 e. The van der Waals surface area contributed by atoms with Crippen LogP contribution in [0.2, 0.25) is 0 Å². The molecule has 0 aliphatic carbocycles. The highest BCUT2D eigenvalue weighted by Crippen LogP contribution is 2.35. The number of aromatic nitrogens is 2. The Morgan fingerprint density at radius 3 is 2.66 bits per heavy atom. The zero-order valence-corrected chi connectivity index (χ0v) is 20.0. The lowest BCUT2D eigenvalue weighted by Crippen LogP contribution is -2.30. The zero-order chi connectivity index (χ0) is 22.5. The Morgan fingerprint density at radius 2 is 1.91 bits per heavy atom. The van der Waals surface area contributed by atoms with Crippen LogP contribution in [0, 0.1) is 0 Å². The van der Waals surface area contributed by atoms with Gasteiger partial charge in [-0.2, -0.15) is 0 Å². The van der Waals surface area contributed by atoms with Crippen molar-refractivity contribution in [2.45, 2.75) is 37.5 Å². The molecule has 7 heteroatoms. The summed E-state index contributed by atoms with van der Waals surface area (Å²) in [6.07, 6.45) is 3.48. The number of rotatable bonds is 8. The first-order chi connectivity index (χ1) is 15.5. The van der Waals surface area contributed by atoms with Crippen LogP contribution in [0.15, 0.2) is 71.9 Å². The third-order valence-electron chi connectivity index (χ3n) is 4.69. The molecule has 0 spiro atoms. The zero-order valence-electron chi connectivity index (χ0n) is 18.3. The molecule has 0 fully saturated rings. The molecular weight excluding hydrogens is 438 g/mol. The Bertz CT molecular complexity index is 1210. The standard InChI is InChI=1S/C25H25N3O2S2/c1-4-30-21-9-6-10-22-23(21)27-25(32-22)28(16-18-11-13-26-14-12-18)24(29)19-7-5-8-20(15-19)31-17(2)3/h5-15,17H,4,16H2,1-3H3. The number of hydrogen-bond donors (Lipinski definition) is 0. The highest BCUT2D eigenvalue weighted by atomic mass is 32.2. The molecular formula is C25H25N3O2S2. The van der Waals surface area contributed by atoms with Crippen LogP contribution in [0.3, 0.4) is 0 Å². The van der Waals surface area contributed by atoms with Crippen LogP contribution in [0.1, 0.15) is 36.7 Å². The predicted molar refractivity (Wildman–Crippen MR) is 133 cm³/mol. The molecule has 2 aromatic heterocycles. The van der Waals surface area contributed by atoms with Crippen molar-refractivity contribution in [3.63, 3.8) is 0 Å². The van der Waals surface area contributed by atoms with E-state index in [1.807, 2.05) is 61.5 Å². The van der Waals surface area contributed by atoms with Crippen molar-refractivity contribution in [1.29, 1.82) is 0 Å². The maximum atomic E-state index is 13.7. The van der Waals surface area contributed by atoms with Gasteiger partial charge in [0.1, 0.15) is 11.3 Å². The second kappa shape index (κ2) is 10.1. The SMILES string of the molecule is CCOc1cccc2sc(N(Cc3ccncc3)C(=O)c3cccc(SC(C)C)c3)nc12. The van der Waals surface area contributed by atoms with Gasteiger partial charge in [-0.1, -0.05) is 37.3 Å². The van der Waals surface area contributed by atoms with Gasteiger partial charge in [-0.15, -0.1) is 11.8 Å². The average molecular weight is 464 g/mol. The van der Waals surface area contributed by atoms with Gasteiger partial charge in [0, 0.05) is 28.1 Å². The van der Waals surface area contributed by atoms with E-state index < -0.39 is 0 Å². The monoisotopic (exact) mass is 463 g/mol. The quantitative estimate of drug-likeness (QED) is 0.282. The molecule has 5 nitrogen and oxygen atoms in total. The number of nitrogens with zero attached hydrogens (tertiary/aromatic N) is 3. The Morgan fingerprint density at radius 1 is 1.12 bits per heavy atom. The maximum absolute atomic E-state index is 13.7. The molecule has 32 heavy (non-hydrogen) atoms. The molecule has 1 amide bonds. The number of fused-ring (bicyclic) bond motifs is 1. The number of para-hydroxylation sites is 1. The Hall–Kier alpha value is -2.90. The van der Waals surface area contributed by atoms with E-state index in [0.717, 1.165) is 26.4 Å². The fourth-order valence-corrected chi connectivity index (χ4v) is 5.20. The van der Waals surface area contributed by atoms with Gasteiger partial charge in [0.15, 0.2) is 5.13 Å². The van der Waals surface area contributed by atoms with E-state index in [9.17, 15) is 4.79 Å². The molecule has 4 aromatic rings. The highest BCUT2D eigenvalue weighted by Gasteiger charge is 2.23. The molecule has 2 aromatic carbocycles. The lowest BCUT2D eigenvalue weighted by Gasteiger charge is -2.20. The average Bonchev–Trinajstić information content (AvgIpc) is 3.23. The minimum Gasteiger partial charge on any atom is -0.492 e. The molecule has 2 heterocycles. The van der Waals surface area contributed by atoms with Gasteiger partial charge in [-0.3, -0.25) is 14.7 Å². The van der Waals surface area contributed by atoms with Gasteiger partial charge in [-0.05, 0) is 55.0 Å². The number of thioether (sulfide) groups is 1. The number of thiazole rings is 1. The lowest BCUT2D eigenvalue weighted by atomic mass is 10.2. The molecule has 0 aliphatic rings. The van der Waals surface area contributed by atoms with Crippen LogP contribution < -0.4 is 9.64 Å². The molecule has 0 N–H and O–H groups in total. The summed E-state index contributed by atoms with van der Waals surface area (Å²) < 4.78 is 6.75. The minimum absolute atomic E-state index is 0.0787. The van der Waals surface area contributed by atoms with Gasteiger partial charge in [0.25, 0.3) is 5.91 Å². The van der Waals surface area contributed by atoms with Crippen LogP contribution in [0.5, 0.6) is 5.75 Å². The first-order valence-corrected chi connectivity index (χ1v) is 12.2. The van der Waals surface area contributed by atoms with Crippen molar-refractivity contribution in [3.8, 4) is 5.75 Å². The molecule has 0 bridgehead atoms. The third kappa shape index (κ3) is 5.11. The molecule has 4 rings (SSSR count). The topological polar surface area (TPSA) is 55.3 Å². The van der Waals surface area contributed by atoms with Gasteiger partial charge in [0.2, 0.25) is 0 Å². The Balaban J connectivity index is 1.75. The molecule has 0 atom stereocenters. The van der Waals surface area contributed by atoms with E-state index in [2.05, 4.69) is 18.8 Å². The number of hydrogen-bond acceptors (Lipinski definition) is 6. The molecule has 0 aliphatic heterocycles. The summed E-state index contributed by atoms with van der Waals surface area (Å²) in [5.41, 5.74) is 2.42. The summed E-state index contributed by atoms with van der Waals surface area (Å²) in [6, 6.07) is 17.5. The molecule has 0 saturated heterocycles. The van der Waals surface area contributed by atoms with Crippen molar-refractivity contribution in [1.82, 2.24) is 9.97 Å². The van der Waals surface area contributed by atoms with Crippen molar-refractivity contribution >= 4 is 44.4 Å². The third-order valence-corrected chi connectivity index (χ3v) is 6.73. The van der Waals surface area contributed by atoms with E-state index in [1.165, 1.54) is 11.3 Å². The van der Waals surface area contributed by atoms with Gasteiger partial charge < -0.3 is 4.74 Å². The van der Waals surface area contributed by atoms with Crippen LogP contribution in [0.25, 0.3) is 10.2 Å². The van der Waals surface area contributed by atoms with E-state index >= 15 is 0 Å². The summed E-state index contributed by atoms with van der Waals surface area (Å²) in [5.74, 6) is 0.657. The van der Waals surface area contributed by atoms with E-state index in [-0.39, 0.29) is 5.91 Å². The number of pyridine rings is 1. The number of ether oxygens (including phenoxy) is 1. The van der Waals surface area contributed by atoms with Crippen molar-refractivity contribution in [2.75, 3.05) is 11.5 Å². The number of benzene rings is 2. The highest BCUT2D eigenvalue weighted by molar-refractivity contribution is 7.99. The van der Waals surface area contributed by atoms with Crippen molar-refractivity contribution in [3.05, 3.63) is 78.1 Å². The summed E-state index contributed by atoms with van der Waals surface area (Å²) in [7, 11) is 0. The second-order valence-electron chi connectivity index (χ2n) is 7.47. The van der Waals surface area contributed by atoms with Gasteiger partial charge >= 0.3 is 0 Å². The van der Waals surface area contributed by atoms with Crippen LogP contribution in [-0.2, 0) is 6.54 Å². The van der Waals surface area contributed by atoms with Crippen LogP contribution in [0.4, 0.5) is 5.13 Å². The van der Waals surface area contributed by atoms with Crippen LogP contribution in [-0.4, -0.2) is 27.7 Å². The van der Waals surface area contributed by atoms with E-state index in [4.69, 9.17) is 9.72 Å². The number of amides is 1. The Labute approximate surface area is 196 Å². The number of carbonyl (C=O) groups excluding carboxylic acids is 1. The first-order valence-electron chi connectivity index (χ1n) is 10.5. The number of anilines is 1. The van der Waals surface area contributed by atoms with Crippen LogP contribution >= 0.6 is 23.1 Å². The van der Waals surface area contributed by atoms with E-state index in [0.29, 0.717) is 29.1 Å². The first kappa shape index (κ1) is 22.3. The molecule has 0 unspecified atom stereocenters. The summed E-state index contributed by atoms with van der Waals surface area (Å²) >= 11 is 3.24. The summed E-state index contributed by atoms with van der Waals surface area (Å²) in [5, 5.41) is 1.09. The minimum atomic E-state index is -0.0787. The molecule has 0 saturated carbocycles. The molecule has 164 valence electrons. The van der Waals surface area contributed by atoms with Crippen molar-refractivity contribution < 1.29 is 9.53 Å². The number of carbonyl (C=O) groups is 1. The summed E-state index contributed by atoms with van der Waals surface area (Å²) in [4.78, 5) is 25.5. The fourth-order valence-electron chi connectivity index (χ4n) is 3.33. The maximum Gasteiger partial charge on any atom is 0.260 e. The van der Waals surface area contributed by atoms with Gasteiger partial charge in [0.05, 0.1) is 17.9 Å². The Kier molecular flexibility index (Phi) is 7.07. The lowest BCUT2D eigenvalue weighted by molar-refractivity contribution is 0.0985. The molecule has 0 radical (unpaired) electrons. The second-order valence-corrected chi connectivity index (χ2v) is 10.1. The summed E-state index contributed by atoms with van der Waals surface area (Å²) in [6.45, 7) is 7.21. The van der Waals surface area contributed by atoms with Gasteiger partial charge in [-0.25, -0.2) is 4.98 Å². The smallest absolute Gasteiger partial charge is 0.260 e. The van der Waals surface area contributed by atoms with Crippen molar-refractivity contribution in [2.24, 2.45) is 0 Å². The normalized spacial score (nSPS) is 11.1. The fraction of sp³-hybridized carbons (Fsp3) is 0.240.